The number of aromatic amines is 2. The molecule has 0 aliphatic rings. The molecule has 0 spiro atoms. The Morgan fingerprint density at radius 1 is 0.962 bits per heavy atom. The minimum absolute atomic E-state index is 0.0946. The molecule has 4 aromatic rings. The van der Waals surface area contributed by atoms with Gasteiger partial charge in [-0.15, -0.1) is 10.2 Å². The molecule has 0 aliphatic carbocycles. The number of nitrogens with one attached hydrogen (secondary N) is 2. The number of hydrogen-bond donors (Lipinski definition) is 5. The lowest BCUT2D eigenvalue weighted by Gasteiger charge is -2.26. The number of rotatable bonds is 4. The van der Waals surface area contributed by atoms with Crippen LogP contribution in [0.25, 0.3) is 33.3 Å². The summed E-state index contributed by atoms with van der Waals surface area (Å²) in [5.41, 5.74) is 4.06. The van der Waals surface area contributed by atoms with Gasteiger partial charge in [0.2, 0.25) is 0 Å². The van der Waals surface area contributed by atoms with Crippen molar-refractivity contribution in [3.8, 4) is 22.4 Å². The van der Waals surface area contributed by atoms with E-state index in [1.807, 2.05) is 12.1 Å². The molecular weight excluding hydrogens is 338 g/mol. The third kappa shape index (κ3) is 2.67. The average Bonchev–Trinajstić information content (AvgIpc) is 3.31. The Labute approximate surface area is 146 Å². The van der Waals surface area contributed by atoms with Crippen molar-refractivity contribution >= 4 is 16.7 Å². The number of H-pyrrole nitrogens is 2. The lowest BCUT2D eigenvalue weighted by molar-refractivity contribution is -0.308. The van der Waals surface area contributed by atoms with Crippen molar-refractivity contribution in [2.24, 2.45) is 0 Å². The summed E-state index contributed by atoms with van der Waals surface area (Å²) in [4.78, 5) is 0.775. The summed E-state index contributed by atoms with van der Waals surface area (Å²) < 4.78 is 0. The summed E-state index contributed by atoms with van der Waals surface area (Å²) in [6.07, 6.45) is 2.25. The molecule has 5 N–H and O–H groups in total. The highest BCUT2D eigenvalue weighted by Gasteiger charge is 2.27. The first-order valence-electron chi connectivity index (χ1n) is 7.65. The van der Waals surface area contributed by atoms with Crippen molar-refractivity contribution in [3.63, 3.8) is 0 Å². The van der Waals surface area contributed by atoms with E-state index in [1.54, 1.807) is 24.7 Å². The largest absolute Gasteiger partial charge is 0.370 e. The second-order valence-electron chi connectivity index (χ2n) is 5.74. The molecule has 3 aromatic heterocycles. The molecule has 3 heterocycles. The van der Waals surface area contributed by atoms with Crippen LogP contribution in [0.15, 0.2) is 42.9 Å². The van der Waals surface area contributed by atoms with E-state index in [4.69, 9.17) is 0 Å². The fraction of sp³-hybridized carbons (Fsp3) is 0.125. The highest BCUT2D eigenvalue weighted by Crippen LogP contribution is 2.33. The smallest absolute Gasteiger partial charge is 0.325 e. The van der Waals surface area contributed by atoms with Crippen LogP contribution in [0.1, 0.15) is 0 Å². The van der Waals surface area contributed by atoms with Gasteiger partial charge in [-0.2, -0.15) is 10.2 Å². The van der Waals surface area contributed by atoms with Gasteiger partial charge in [-0.05, 0) is 23.8 Å². The Kier molecular flexibility index (Phi) is 3.65. The maximum atomic E-state index is 9.21. The molecule has 0 atom stereocenters. The van der Waals surface area contributed by atoms with Crippen LogP contribution in [0, 0.1) is 0 Å². The number of hydrogen-bond acceptors (Lipinski definition) is 8. The van der Waals surface area contributed by atoms with Crippen LogP contribution in [-0.4, -0.2) is 59.1 Å². The molecule has 0 amide bonds. The van der Waals surface area contributed by atoms with Crippen molar-refractivity contribution in [1.29, 1.82) is 0 Å². The SMILES string of the molecule is CN(c1ccc(-c2ccc(-c3cn[nH]c3)c3cn[nH]c23)nn1)C(O)(O)O. The average molecular weight is 353 g/mol. The Morgan fingerprint density at radius 2 is 1.77 bits per heavy atom. The van der Waals surface area contributed by atoms with E-state index in [2.05, 4.69) is 30.6 Å². The quantitative estimate of drug-likeness (QED) is 0.332. The monoisotopic (exact) mass is 353 g/mol. The third-order valence-electron chi connectivity index (χ3n) is 4.14. The van der Waals surface area contributed by atoms with Crippen molar-refractivity contribution in [1.82, 2.24) is 30.6 Å². The molecule has 0 saturated carbocycles. The molecule has 132 valence electrons. The maximum absolute atomic E-state index is 9.21. The lowest BCUT2D eigenvalue weighted by atomic mass is 10.0. The molecule has 4 rings (SSSR count). The number of aromatic nitrogens is 6. The summed E-state index contributed by atoms with van der Waals surface area (Å²) in [6, 6.07) is 7.02. The van der Waals surface area contributed by atoms with Gasteiger partial charge in [0.15, 0.2) is 5.82 Å². The van der Waals surface area contributed by atoms with Gasteiger partial charge in [-0.1, -0.05) is 6.07 Å². The topological polar surface area (TPSA) is 147 Å². The maximum Gasteiger partial charge on any atom is 0.370 e. The van der Waals surface area contributed by atoms with Crippen LogP contribution < -0.4 is 4.90 Å². The van der Waals surface area contributed by atoms with Gasteiger partial charge in [0.1, 0.15) is 0 Å². The van der Waals surface area contributed by atoms with Gasteiger partial charge in [0, 0.05) is 29.8 Å². The van der Waals surface area contributed by atoms with Gasteiger partial charge >= 0.3 is 6.10 Å². The molecule has 0 aliphatic heterocycles. The standard InChI is InChI=1S/C16H15N7O3/c1-23(16(24,25)26)14-5-4-13(20-21-14)11-3-2-10(9-6-17-18-7-9)12-8-19-22-15(11)12/h2-8,24-26H,1H3,(H,17,18)(H,19,22). The van der Waals surface area contributed by atoms with E-state index in [-0.39, 0.29) is 5.82 Å². The molecular formula is C16H15N7O3. The Hall–Kier alpha value is -3.34. The van der Waals surface area contributed by atoms with E-state index in [0.29, 0.717) is 5.69 Å². The normalized spacial score (nSPS) is 11.8. The molecule has 0 fully saturated rings. The van der Waals surface area contributed by atoms with E-state index in [9.17, 15) is 15.3 Å². The minimum Gasteiger partial charge on any atom is -0.325 e. The number of aliphatic hydroxyl groups is 3. The zero-order valence-electron chi connectivity index (χ0n) is 13.6. The molecule has 0 unspecified atom stereocenters. The Morgan fingerprint density at radius 3 is 2.42 bits per heavy atom. The van der Waals surface area contributed by atoms with E-state index in [1.165, 1.54) is 13.1 Å². The Balaban J connectivity index is 1.76. The van der Waals surface area contributed by atoms with Crippen LogP contribution in [0.3, 0.4) is 0 Å². The summed E-state index contributed by atoms with van der Waals surface area (Å²) in [5, 5.41) is 50.4. The molecule has 10 heteroatoms. The second kappa shape index (κ2) is 5.88. The van der Waals surface area contributed by atoms with Crippen molar-refractivity contribution in [2.75, 3.05) is 11.9 Å². The van der Waals surface area contributed by atoms with Gasteiger partial charge in [0.05, 0.1) is 23.6 Å². The van der Waals surface area contributed by atoms with Crippen LogP contribution in [0.5, 0.6) is 0 Å². The molecule has 0 saturated heterocycles. The zero-order valence-corrected chi connectivity index (χ0v) is 13.6. The lowest BCUT2D eigenvalue weighted by Crippen LogP contribution is -2.46. The van der Waals surface area contributed by atoms with E-state index >= 15 is 0 Å². The summed E-state index contributed by atoms with van der Waals surface area (Å²) in [6.45, 7) is 0. The number of benzene rings is 1. The highest BCUT2D eigenvalue weighted by molar-refractivity contribution is 6.01. The number of anilines is 1. The predicted molar refractivity (Wildman–Crippen MR) is 92.5 cm³/mol. The van der Waals surface area contributed by atoms with Crippen molar-refractivity contribution in [3.05, 3.63) is 42.9 Å². The van der Waals surface area contributed by atoms with Gasteiger partial charge < -0.3 is 15.3 Å². The zero-order chi connectivity index (χ0) is 18.3. The first kappa shape index (κ1) is 16.1. The minimum atomic E-state index is -3.01. The van der Waals surface area contributed by atoms with Gasteiger partial charge in [-0.3, -0.25) is 15.1 Å². The van der Waals surface area contributed by atoms with Crippen LogP contribution in [0.2, 0.25) is 0 Å². The molecule has 0 radical (unpaired) electrons. The Bertz CT molecular complexity index is 1040. The van der Waals surface area contributed by atoms with Crippen LogP contribution >= 0.6 is 0 Å². The molecule has 26 heavy (non-hydrogen) atoms. The third-order valence-corrected chi connectivity index (χ3v) is 4.14. The number of nitrogens with zero attached hydrogens (tertiary/aromatic N) is 5. The first-order valence-corrected chi connectivity index (χ1v) is 7.65. The van der Waals surface area contributed by atoms with Crippen molar-refractivity contribution in [2.45, 2.75) is 6.10 Å². The van der Waals surface area contributed by atoms with Gasteiger partial charge in [0.25, 0.3) is 0 Å². The fourth-order valence-corrected chi connectivity index (χ4v) is 2.70. The van der Waals surface area contributed by atoms with Crippen molar-refractivity contribution < 1.29 is 15.3 Å². The van der Waals surface area contributed by atoms with E-state index in [0.717, 1.165) is 32.5 Å². The van der Waals surface area contributed by atoms with Crippen LogP contribution in [0.4, 0.5) is 5.82 Å². The summed E-state index contributed by atoms with van der Waals surface area (Å²) in [5.74, 6) is 0.0946. The first-order chi connectivity index (χ1) is 12.4. The number of fused-ring (bicyclic) bond motifs is 1. The van der Waals surface area contributed by atoms with E-state index < -0.39 is 6.10 Å². The summed E-state index contributed by atoms with van der Waals surface area (Å²) >= 11 is 0. The van der Waals surface area contributed by atoms with Crippen LogP contribution in [-0.2, 0) is 0 Å². The molecule has 10 nitrogen and oxygen atoms in total. The highest BCUT2D eigenvalue weighted by atomic mass is 16.7. The second-order valence-corrected chi connectivity index (χ2v) is 5.74. The molecule has 1 aromatic carbocycles. The fourth-order valence-electron chi connectivity index (χ4n) is 2.70. The predicted octanol–water partition coefficient (Wildman–Crippen LogP) is 0.434. The summed E-state index contributed by atoms with van der Waals surface area (Å²) in [7, 11) is 1.27. The van der Waals surface area contributed by atoms with Gasteiger partial charge in [-0.25, -0.2) is 0 Å². The molecule has 0 bridgehead atoms.